The molecule has 3 heterocycles. The average molecular weight is 364 g/mol. The summed E-state index contributed by atoms with van der Waals surface area (Å²) in [7, 11) is 1.70. The molecule has 1 aliphatic heterocycles. The lowest BCUT2D eigenvalue weighted by atomic mass is 9.89. The summed E-state index contributed by atoms with van der Waals surface area (Å²) in [6, 6.07) is 4.16. The molecule has 0 saturated heterocycles. The summed E-state index contributed by atoms with van der Waals surface area (Å²) < 4.78 is 5.60. The van der Waals surface area contributed by atoms with Gasteiger partial charge in [0.15, 0.2) is 0 Å². The average Bonchev–Trinajstić information content (AvgIpc) is 3.24. The predicted octanol–water partition coefficient (Wildman–Crippen LogP) is 4.50. The highest BCUT2D eigenvalue weighted by molar-refractivity contribution is 7.19. The van der Waals surface area contributed by atoms with Gasteiger partial charge in [-0.1, -0.05) is 6.92 Å². The number of anilines is 2. The van der Waals surface area contributed by atoms with Gasteiger partial charge in [-0.15, -0.1) is 11.3 Å². The lowest BCUT2D eigenvalue weighted by Gasteiger charge is -2.18. The summed E-state index contributed by atoms with van der Waals surface area (Å²) in [5.41, 5.74) is 4.68. The first kappa shape index (κ1) is 15.8. The van der Waals surface area contributed by atoms with Crippen molar-refractivity contribution in [3.63, 3.8) is 0 Å². The fraction of sp³-hybridized carbons (Fsp3) is 0.350. The molecule has 5 rings (SSSR count). The van der Waals surface area contributed by atoms with E-state index in [0.29, 0.717) is 0 Å². The van der Waals surface area contributed by atoms with Crippen molar-refractivity contribution in [1.29, 1.82) is 0 Å². The minimum Gasteiger partial charge on any atom is -0.495 e. The van der Waals surface area contributed by atoms with Crippen LogP contribution in [0, 0.1) is 5.92 Å². The van der Waals surface area contributed by atoms with Crippen molar-refractivity contribution in [3.05, 3.63) is 40.0 Å². The third kappa shape index (κ3) is 2.48. The monoisotopic (exact) mass is 364 g/mol. The smallest absolute Gasteiger partial charge is 0.142 e. The predicted molar refractivity (Wildman–Crippen MR) is 106 cm³/mol. The Labute approximate surface area is 156 Å². The fourth-order valence-corrected chi connectivity index (χ4v) is 5.25. The highest BCUT2D eigenvalue weighted by Crippen LogP contribution is 2.41. The van der Waals surface area contributed by atoms with Crippen molar-refractivity contribution in [2.45, 2.75) is 32.7 Å². The number of benzene rings is 1. The molecule has 2 aromatic heterocycles. The van der Waals surface area contributed by atoms with E-state index in [1.54, 1.807) is 13.4 Å². The molecule has 26 heavy (non-hydrogen) atoms. The van der Waals surface area contributed by atoms with Crippen LogP contribution in [0.4, 0.5) is 11.5 Å². The largest absolute Gasteiger partial charge is 0.495 e. The molecule has 1 N–H and O–H groups in total. The molecule has 6 heteroatoms. The molecule has 1 aliphatic carbocycles. The van der Waals surface area contributed by atoms with Gasteiger partial charge in [-0.25, -0.2) is 9.97 Å². The van der Waals surface area contributed by atoms with E-state index in [1.165, 1.54) is 27.8 Å². The number of fused-ring (bicyclic) bond motifs is 4. The quantitative estimate of drug-likeness (QED) is 0.743. The number of hydrogen-bond acceptors (Lipinski definition) is 6. The topological polar surface area (TPSA) is 59.4 Å². The molecule has 0 amide bonds. The van der Waals surface area contributed by atoms with Gasteiger partial charge in [-0.3, -0.25) is 4.99 Å². The highest BCUT2D eigenvalue weighted by Gasteiger charge is 2.23. The Morgan fingerprint density at radius 2 is 2.19 bits per heavy atom. The number of hydrogen-bond donors (Lipinski definition) is 1. The standard InChI is InChI=1S/C20H20N4OS/c1-11-3-4-14-17(5-11)26-20-18(14)19(22-10-23-20)24-15-6-12-8-21-9-13(12)7-16(15)25-2/h6-8,10-11H,3-5,9H2,1-2H3,(H,22,23,24). The highest BCUT2D eigenvalue weighted by atomic mass is 32.1. The molecular formula is C20H20N4OS. The summed E-state index contributed by atoms with van der Waals surface area (Å²) >= 11 is 1.81. The lowest BCUT2D eigenvalue weighted by Crippen LogP contribution is -2.09. The molecule has 1 aromatic carbocycles. The molecule has 132 valence electrons. The van der Waals surface area contributed by atoms with Crippen LogP contribution in [0.2, 0.25) is 0 Å². The molecule has 1 atom stereocenters. The van der Waals surface area contributed by atoms with Crippen LogP contribution in [0.15, 0.2) is 23.5 Å². The minimum atomic E-state index is 0.722. The normalized spacial score (nSPS) is 18.0. The number of thiophene rings is 1. The van der Waals surface area contributed by atoms with Crippen LogP contribution < -0.4 is 10.1 Å². The van der Waals surface area contributed by atoms with Gasteiger partial charge < -0.3 is 10.1 Å². The Morgan fingerprint density at radius 3 is 3.08 bits per heavy atom. The Balaban J connectivity index is 1.61. The first-order chi connectivity index (χ1) is 12.7. The second kappa shape index (κ2) is 6.06. The number of aliphatic imine (C=N–C) groups is 1. The van der Waals surface area contributed by atoms with Crippen LogP contribution in [0.3, 0.4) is 0 Å². The van der Waals surface area contributed by atoms with E-state index >= 15 is 0 Å². The third-order valence-electron chi connectivity index (χ3n) is 5.30. The van der Waals surface area contributed by atoms with Gasteiger partial charge in [0.25, 0.3) is 0 Å². The maximum atomic E-state index is 5.60. The van der Waals surface area contributed by atoms with E-state index < -0.39 is 0 Å². The third-order valence-corrected chi connectivity index (χ3v) is 6.46. The zero-order valence-corrected chi connectivity index (χ0v) is 15.7. The van der Waals surface area contributed by atoms with Crippen LogP contribution in [0.5, 0.6) is 5.75 Å². The second-order valence-corrected chi connectivity index (χ2v) is 8.18. The SMILES string of the molecule is COc1cc2c(cc1Nc1ncnc3sc4c(c13)CCC(C)C4)C=NC2. The van der Waals surface area contributed by atoms with Crippen LogP contribution >= 0.6 is 11.3 Å². The Morgan fingerprint density at radius 1 is 1.27 bits per heavy atom. The molecule has 2 aliphatic rings. The van der Waals surface area contributed by atoms with Crippen molar-refractivity contribution >= 4 is 39.3 Å². The van der Waals surface area contributed by atoms with Crippen molar-refractivity contribution in [3.8, 4) is 5.75 Å². The second-order valence-electron chi connectivity index (χ2n) is 7.10. The van der Waals surface area contributed by atoms with Crippen LogP contribution in [-0.4, -0.2) is 23.3 Å². The Bertz CT molecular complexity index is 1040. The van der Waals surface area contributed by atoms with Crippen LogP contribution in [-0.2, 0) is 19.4 Å². The van der Waals surface area contributed by atoms with Crippen molar-refractivity contribution in [2.75, 3.05) is 12.4 Å². The van der Waals surface area contributed by atoms with E-state index in [-0.39, 0.29) is 0 Å². The van der Waals surface area contributed by atoms with Crippen molar-refractivity contribution in [1.82, 2.24) is 9.97 Å². The molecule has 0 fully saturated rings. The summed E-state index contributed by atoms with van der Waals surface area (Å²) in [6.45, 7) is 3.05. The molecule has 0 saturated carbocycles. The van der Waals surface area contributed by atoms with Gasteiger partial charge in [0, 0.05) is 11.1 Å². The number of aromatic nitrogens is 2. The van der Waals surface area contributed by atoms with E-state index in [0.717, 1.165) is 53.0 Å². The van der Waals surface area contributed by atoms with E-state index in [1.807, 2.05) is 17.6 Å². The number of rotatable bonds is 3. The molecule has 0 radical (unpaired) electrons. The molecule has 0 spiro atoms. The summed E-state index contributed by atoms with van der Waals surface area (Å²) in [4.78, 5) is 16.0. The van der Waals surface area contributed by atoms with E-state index in [9.17, 15) is 0 Å². The first-order valence-electron chi connectivity index (χ1n) is 8.96. The lowest BCUT2D eigenvalue weighted by molar-refractivity contribution is 0.416. The zero-order valence-electron chi connectivity index (χ0n) is 14.9. The van der Waals surface area contributed by atoms with Gasteiger partial charge >= 0.3 is 0 Å². The number of ether oxygens (including phenoxy) is 1. The molecule has 3 aromatic rings. The van der Waals surface area contributed by atoms with Gasteiger partial charge in [0.1, 0.15) is 22.7 Å². The minimum absolute atomic E-state index is 0.722. The Hall–Kier alpha value is -2.47. The zero-order chi connectivity index (χ0) is 17.7. The summed E-state index contributed by atoms with van der Waals surface area (Å²) in [5.74, 6) is 2.44. The van der Waals surface area contributed by atoms with Gasteiger partial charge in [0.2, 0.25) is 0 Å². The number of nitrogens with zero attached hydrogens (tertiary/aromatic N) is 3. The summed E-state index contributed by atoms with van der Waals surface area (Å²) in [5, 5.41) is 4.69. The van der Waals surface area contributed by atoms with Crippen LogP contribution in [0.25, 0.3) is 10.2 Å². The summed E-state index contributed by atoms with van der Waals surface area (Å²) in [6.07, 6.45) is 7.05. The number of nitrogens with one attached hydrogen (secondary N) is 1. The Kier molecular flexibility index (Phi) is 3.67. The van der Waals surface area contributed by atoms with Gasteiger partial charge in [0.05, 0.1) is 24.7 Å². The van der Waals surface area contributed by atoms with E-state index in [2.05, 4.69) is 39.3 Å². The van der Waals surface area contributed by atoms with Crippen molar-refractivity contribution in [2.24, 2.45) is 10.9 Å². The first-order valence-corrected chi connectivity index (χ1v) is 9.77. The van der Waals surface area contributed by atoms with Gasteiger partial charge in [-0.05, 0) is 54.0 Å². The molecule has 0 bridgehead atoms. The van der Waals surface area contributed by atoms with Crippen molar-refractivity contribution < 1.29 is 4.74 Å². The van der Waals surface area contributed by atoms with Gasteiger partial charge in [-0.2, -0.15) is 0 Å². The number of methoxy groups -OCH3 is 1. The fourth-order valence-electron chi connectivity index (χ4n) is 3.90. The molecule has 5 nitrogen and oxygen atoms in total. The number of aryl methyl sites for hydroxylation is 1. The molecular weight excluding hydrogens is 344 g/mol. The maximum absolute atomic E-state index is 5.60. The van der Waals surface area contributed by atoms with Crippen LogP contribution in [0.1, 0.15) is 34.9 Å². The maximum Gasteiger partial charge on any atom is 0.142 e. The molecule has 1 unspecified atom stereocenters. The van der Waals surface area contributed by atoms with E-state index in [4.69, 9.17) is 4.74 Å².